The third-order valence-electron chi connectivity index (χ3n) is 3.22. The Morgan fingerprint density at radius 1 is 1.38 bits per heavy atom. The molecule has 0 fully saturated rings. The van der Waals surface area contributed by atoms with E-state index in [4.69, 9.17) is 21.6 Å². The zero-order chi connectivity index (χ0) is 19.1. The summed E-state index contributed by atoms with van der Waals surface area (Å²) in [5.41, 5.74) is 2.92. The summed E-state index contributed by atoms with van der Waals surface area (Å²) in [6.45, 7) is 1.54. The second kappa shape index (κ2) is 8.60. The number of amides is 1. The smallest absolute Gasteiger partial charge is 0.288 e. The Balaban J connectivity index is 1.94. The average Bonchev–Trinajstić information content (AvgIpc) is 2.63. The molecule has 0 saturated carbocycles. The summed E-state index contributed by atoms with van der Waals surface area (Å²) in [4.78, 5) is 22.2. The van der Waals surface area contributed by atoms with Crippen molar-refractivity contribution >= 4 is 29.4 Å². The maximum atomic E-state index is 12.0. The molecule has 0 aromatic heterocycles. The summed E-state index contributed by atoms with van der Waals surface area (Å²) in [7, 11) is 0. The summed E-state index contributed by atoms with van der Waals surface area (Å²) in [6.07, 6.45) is 0.426. The summed E-state index contributed by atoms with van der Waals surface area (Å²) in [6, 6.07) is 12.4. The van der Waals surface area contributed by atoms with Crippen LogP contribution in [0.1, 0.15) is 18.1 Å². The van der Waals surface area contributed by atoms with Gasteiger partial charge in [0.25, 0.3) is 11.6 Å². The van der Waals surface area contributed by atoms with Crippen molar-refractivity contribution in [2.45, 2.75) is 13.0 Å². The van der Waals surface area contributed by atoms with Crippen LogP contribution in [0, 0.1) is 21.4 Å². The molecule has 132 valence electrons. The molecule has 0 radical (unpaired) electrons. The van der Waals surface area contributed by atoms with Crippen molar-refractivity contribution in [1.82, 2.24) is 5.43 Å². The Morgan fingerprint density at radius 2 is 2.08 bits per heavy atom. The highest BCUT2D eigenvalue weighted by atomic mass is 35.5. The lowest BCUT2D eigenvalue weighted by Crippen LogP contribution is -2.33. The van der Waals surface area contributed by atoms with Crippen molar-refractivity contribution in [2.24, 2.45) is 5.10 Å². The van der Waals surface area contributed by atoms with Gasteiger partial charge in [0.05, 0.1) is 22.8 Å². The van der Waals surface area contributed by atoms with E-state index in [0.717, 1.165) is 0 Å². The zero-order valence-corrected chi connectivity index (χ0v) is 14.3. The number of carbonyl (C=O) groups excluding carboxylic acids is 1. The van der Waals surface area contributed by atoms with E-state index in [1.165, 1.54) is 31.3 Å². The highest BCUT2D eigenvalue weighted by molar-refractivity contribution is 6.32. The molecule has 0 bridgehead atoms. The number of rotatable bonds is 6. The van der Waals surface area contributed by atoms with Crippen LogP contribution in [0.3, 0.4) is 0 Å². The molecule has 0 aliphatic heterocycles. The minimum absolute atomic E-state index is 0.0145. The van der Waals surface area contributed by atoms with Gasteiger partial charge in [0.15, 0.2) is 6.10 Å². The normalized spacial score (nSPS) is 11.6. The van der Waals surface area contributed by atoms with Crippen LogP contribution in [0.4, 0.5) is 5.69 Å². The largest absolute Gasteiger partial charge is 0.481 e. The van der Waals surface area contributed by atoms with E-state index in [9.17, 15) is 14.9 Å². The molecule has 0 saturated heterocycles. The first-order chi connectivity index (χ1) is 12.4. The Bertz CT molecular complexity index is 891. The summed E-state index contributed by atoms with van der Waals surface area (Å²) < 4.78 is 5.44. The maximum Gasteiger partial charge on any atom is 0.288 e. The summed E-state index contributed by atoms with van der Waals surface area (Å²) >= 11 is 5.72. The number of hydrogen-bond donors (Lipinski definition) is 1. The van der Waals surface area contributed by atoms with Crippen LogP contribution in [-0.2, 0) is 4.79 Å². The molecule has 0 aliphatic rings. The number of ether oxygens (including phenoxy) is 1. The number of nitrogens with one attached hydrogen (secondary N) is 1. The van der Waals surface area contributed by atoms with Crippen LogP contribution in [0.5, 0.6) is 5.75 Å². The minimum Gasteiger partial charge on any atom is -0.481 e. The first-order valence-corrected chi connectivity index (χ1v) is 7.72. The topological polar surface area (TPSA) is 118 Å². The lowest BCUT2D eigenvalue weighted by Gasteiger charge is -2.12. The van der Waals surface area contributed by atoms with Gasteiger partial charge in [0, 0.05) is 11.6 Å². The first-order valence-electron chi connectivity index (χ1n) is 7.34. The fourth-order valence-corrected chi connectivity index (χ4v) is 2.06. The number of benzene rings is 2. The molecule has 26 heavy (non-hydrogen) atoms. The molecular formula is C17H13ClN4O4. The van der Waals surface area contributed by atoms with E-state index < -0.39 is 16.9 Å². The van der Waals surface area contributed by atoms with Crippen LogP contribution >= 0.6 is 11.6 Å². The third-order valence-corrected chi connectivity index (χ3v) is 3.54. The standard InChI is InChI=1S/C17H13ClN4O4/c1-11(26-14-5-2-12(9-19)3-6-14)17(23)21-20-10-13-4-7-15(18)16(8-13)22(24)25/h2-8,10-11H,1H3,(H,21,23)/b20-10-. The van der Waals surface area contributed by atoms with Crippen LogP contribution in [0.2, 0.25) is 5.02 Å². The number of halogens is 1. The molecular weight excluding hydrogens is 360 g/mol. The molecule has 0 spiro atoms. The van der Waals surface area contributed by atoms with Gasteiger partial charge in [0.2, 0.25) is 0 Å². The number of nitro benzene ring substituents is 1. The van der Waals surface area contributed by atoms with Crippen molar-refractivity contribution in [3.05, 3.63) is 68.7 Å². The highest BCUT2D eigenvalue weighted by Crippen LogP contribution is 2.24. The zero-order valence-electron chi connectivity index (χ0n) is 13.5. The fraction of sp³-hybridized carbons (Fsp3) is 0.118. The van der Waals surface area contributed by atoms with Gasteiger partial charge in [0.1, 0.15) is 10.8 Å². The van der Waals surface area contributed by atoms with Crippen molar-refractivity contribution in [3.63, 3.8) is 0 Å². The average molecular weight is 373 g/mol. The molecule has 1 N–H and O–H groups in total. The highest BCUT2D eigenvalue weighted by Gasteiger charge is 2.14. The molecule has 8 nitrogen and oxygen atoms in total. The summed E-state index contributed by atoms with van der Waals surface area (Å²) in [5, 5.41) is 23.3. The van der Waals surface area contributed by atoms with E-state index in [1.807, 2.05) is 6.07 Å². The quantitative estimate of drug-likeness (QED) is 0.475. The number of nitro groups is 1. The van der Waals surface area contributed by atoms with Gasteiger partial charge in [-0.05, 0) is 37.3 Å². The molecule has 2 rings (SSSR count). The minimum atomic E-state index is -0.834. The Labute approximate surface area is 153 Å². The van der Waals surface area contributed by atoms with Gasteiger partial charge in [-0.3, -0.25) is 14.9 Å². The second-order valence-corrected chi connectivity index (χ2v) is 5.51. The van der Waals surface area contributed by atoms with Gasteiger partial charge < -0.3 is 4.74 Å². The number of hydrazone groups is 1. The van der Waals surface area contributed by atoms with Gasteiger partial charge in [-0.1, -0.05) is 17.7 Å². The Hall–Kier alpha value is -3.44. The molecule has 0 heterocycles. The van der Waals surface area contributed by atoms with Gasteiger partial charge in [-0.15, -0.1) is 0 Å². The molecule has 1 amide bonds. The SMILES string of the molecule is CC(Oc1ccc(C#N)cc1)C(=O)N/N=C\c1ccc(Cl)c([N+](=O)[O-])c1. The lowest BCUT2D eigenvalue weighted by molar-refractivity contribution is -0.384. The molecule has 2 aromatic rings. The third kappa shape index (κ3) is 5.03. The molecule has 2 aromatic carbocycles. The molecule has 1 unspecified atom stereocenters. The van der Waals surface area contributed by atoms with Crippen molar-refractivity contribution in [3.8, 4) is 11.8 Å². The van der Waals surface area contributed by atoms with Crippen LogP contribution in [0.15, 0.2) is 47.6 Å². The van der Waals surface area contributed by atoms with Crippen LogP contribution in [-0.4, -0.2) is 23.1 Å². The second-order valence-electron chi connectivity index (χ2n) is 5.10. The maximum absolute atomic E-state index is 12.0. The number of nitrogens with zero attached hydrogens (tertiary/aromatic N) is 3. The molecule has 0 aliphatic carbocycles. The van der Waals surface area contributed by atoms with E-state index in [0.29, 0.717) is 16.9 Å². The van der Waals surface area contributed by atoms with E-state index in [-0.39, 0.29) is 10.7 Å². The fourth-order valence-electron chi connectivity index (χ4n) is 1.88. The molecule has 1 atom stereocenters. The van der Waals surface area contributed by atoms with Crippen LogP contribution in [0.25, 0.3) is 0 Å². The number of carbonyl (C=O) groups is 1. The van der Waals surface area contributed by atoms with E-state index in [1.54, 1.807) is 24.3 Å². The lowest BCUT2D eigenvalue weighted by atomic mass is 10.2. The monoisotopic (exact) mass is 372 g/mol. The first kappa shape index (κ1) is 18.9. The Kier molecular flexibility index (Phi) is 6.25. The van der Waals surface area contributed by atoms with Crippen molar-refractivity contribution in [1.29, 1.82) is 5.26 Å². The number of nitriles is 1. The van der Waals surface area contributed by atoms with Gasteiger partial charge in [-0.25, -0.2) is 5.43 Å². The number of hydrogen-bond acceptors (Lipinski definition) is 6. The van der Waals surface area contributed by atoms with Gasteiger partial charge in [-0.2, -0.15) is 10.4 Å². The Morgan fingerprint density at radius 3 is 2.69 bits per heavy atom. The molecule has 9 heteroatoms. The summed E-state index contributed by atoms with van der Waals surface area (Å²) in [5.74, 6) is -0.0713. The van der Waals surface area contributed by atoms with Crippen LogP contribution < -0.4 is 10.2 Å². The van der Waals surface area contributed by atoms with Crippen molar-refractivity contribution in [2.75, 3.05) is 0 Å². The predicted molar refractivity (Wildman–Crippen MR) is 95.1 cm³/mol. The van der Waals surface area contributed by atoms with Gasteiger partial charge >= 0.3 is 0 Å². The predicted octanol–water partition coefficient (Wildman–Crippen LogP) is 3.04. The van der Waals surface area contributed by atoms with Crippen molar-refractivity contribution < 1.29 is 14.5 Å². The van der Waals surface area contributed by atoms with E-state index in [2.05, 4.69) is 10.5 Å². The van der Waals surface area contributed by atoms with E-state index >= 15 is 0 Å².